The lowest BCUT2D eigenvalue weighted by atomic mass is 10.2. The van der Waals surface area contributed by atoms with Crippen LogP contribution >= 0.6 is 0 Å². The standard InChI is InChI=1S/C15H20N2O2.C2H6/c1-10-11(2)17(9-13(18)19-15(3,4)5)14-12(10)7-6-8-16-14;1-2/h6-8H,9H2,1-5H3;1-2H3. The van der Waals surface area contributed by atoms with Gasteiger partial charge in [0.2, 0.25) is 0 Å². The number of hydrogen-bond donors (Lipinski definition) is 0. The van der Waals surface area contributed by atoms with E-state index in [2.05, 4.69) is 4.98 Å². The molecule has 0 aliphatic carbocycles. The third-order valence-corrected chi connectivity index (χ3v) is 3.10. The Kier molecular flexibility index (Phi) is 5.53. The van der Waals surface area contributed by atoms with Gasteiger partial charge >= 0.3 is 5.97 Å². The first-order valence-corrected chi connectivity index (χ1v) is 7.42. The fourth-order valence-corrected chi connectivity index (χ4v) is 2.16. The highest BCUT2D eigenvalue weighted by atomic mass is 16.6. The van der Waals surface area contributed by atoms with Crippen molar-refractivity contribution in [3.8, 4) is 0 Å². The lowest BCUT2D eigenvalue weighted by Gasteiger charge is -2.20. The molecule has 0 saturated carbocycles. The van der Waals surface area contributed by atoms with Crippen LogP contribution in [0.15, 0.2) is 18.3 Å². The van der Waals surface area contributed by atoms with Gasteiger partial charge in [0.25, 0.3) is 0 Å². The molecular formula is C17H26N2O2. The minimum atomic E-state index is -0.462. The van der Waals surface area contributed by atoms with Crippen LogP contribution in [0.1, 0.15) is 45.9 Å². The summed E-state index contributed by atoms with van der Waals surface area (Å²) in [7, 11) is 0. The first-order chi connectivity index (χ1) is 9.79. The summed E-state index contributed by atoms with van der Waals surface area (Å²) in [5, 5.41) is 1.09. The van der Waals surface area contributed by atoms with Crippen molar-refractivity contribution >= 4 is 17.0 Å². The Bertz CT molecular complexity index is 621. The highest BCUT2D eigenvalue weighted by Gasteiger charge is 2.19. The molecule has 0 fully saturated rings. The number of hydrogen-bond acceptors (Lipinski definition) is 3. The summed E-state index contributed by atoms with van der Waals surface area (Å²) in [6.07, 6.45) is 1.74. The Morgan fingerprint density at radius 2 is 1.90 bits per heavy atom. The van der Waals surface area contributed by atoms with E-state index in [1.807, 2.05) is 65.2 Å². The van der Waals surface area contributed by atoms with Gasteiger partial charge < -0.3 is 9.30 Å². The molecule has 0 amide bonds. The Balaban J connectivity index is 0.00000106. The molecule has 0 radical (unpaired) electrons. The van der Waals surface area contributed by atoms with Crippen molar-refractivity contribution in [3.63, 3.8) is 0 Å². The molecule has 0 atom stereocenters. The first kappa shape index (κ1) is 17.2. The Hall–Kier alpha value is -1.84. The van der Waals surface area contributed by atoms with E-state index in [-0.39, 0.29) is 12.5 Å². The van der Waals surface area contributed by atoms with E-state index in [1.54, 1.807) is 6.20 Å². The van der Waals surface area contributed by atoms with Gasteiger partial charge in [-0.1, -0.05) is 13.8 Å². The lowest BCUT2D eigenvalue weighted by molar-refractivity contribution is -0.155. The van der Waals surface area contributed by atoms with E-state index in [1.165, 1.54) is 0 Å². The third-order valence-electron chi connectivity index (χ3n) is 3.10. The molecule has 0 unspecified atom stereocenters. The van der Waals surface area contributed by atoms with Gasteiger partial charge in [-0.25, -0.2) is 4.98 Å². The zero-order valence-electron chi connectivity index (χ0n) is 14.2. The number of nitrogens with zero attached hydrogens (tertiary/aromatic N) is 2. The average molecular weight is 290 g/mol. The molecule has 2 rings (SSSR count). The van der Waals surface area contributed by atoms with Crippen molar-refractivity contribution < 1.29 is 9.53 Å². The van der Waals surface area contributed by atoms with Crippen molar-refractivity contribution in [3.05, 3.63) is 29.6 Å². The monoisotopic (exact) mass is 290 g/mol. The van der Waals surface area contributed by atoms with Gasteiger partial charge in [0.15, 0.2) is 0 Å². The molecule has 0 saturated heterocycles. The van der Waals surface area contributed by atoms with Crippen LogP contribution in [0.2, 0.25) is 0 Å². The summed E-state index contributed by atoms with van der Waals surface area (Å²) < 4.78 is 7.28. The van der Waals surface area contributed by atoms with E-state index in [4.69, 9.17) is 4.74 Å². The highest BCUT2D eigenvalue weighted by molar-refractivity contribution is 5.83. The minimum absolute atomic E-state index is 0.199. The van der Waals surface area contributed by atoms with Gasteiger partial charge in [-0.3, -0.25) is 4.79 Å². The Morgan fingerprint density at radius 1 is 1.29 bits per heavy atom. The van der Waals surface area contributed by atoms with Crippen LogP contribution in [0.25, 0.3) is 11.0 Å². The van der Waals surface area contributed by atoms with Gasteiger partial charge in [0, 0.05) is 17.3 Å². The number of fused-ring (bicyclic) bond motifs is 1. The third kappa shape index (κ3) is 4.06. The van der Waals surface area contributed by atoms with Crippen LogP contribution in [0.5, 0.6) is 0 Å². The number of esters is 1. The van der Waals surface area contributed by atoms with E-state index in [0.717, 1.165) is 22.3 Å². The SMILES string of the molecule is CC.Cc1c(C)n(CC(=O)OC(C)(C)C)c2ncccc12. The van der Waals surface area contributed by atoms with Crippen LogP contribution in [0.3, 0.4) is 0 Å². The molecule has 0 aliphatic heterocycles. The van der Waals surface area contributed by atoms with Gasteiger partial charge in [0.05, 0.1) is 0 Å². The second kappa shape index (κ2) is 6.74. The number of pyridine rings is 1. The largest absolute Gasteiger partial charge is 0.459 e. The summed E-state index contributed by atoms with van der Waals surface area (Å²) in [6.45, 7) is 13.9. The van der Waals surface area contributed by atoms with Crippen molar-refractivity contribution in [2.45, 2.75) is 60.6 Å². The Labute approximate surface area is 127 Å². The van der Waals surface area contributed by atoms with Crippen LogP contribution in [-0.2, 0) is 16.1 Å². The quantitative estimate of drug-likeness (QED) is 0.785. The van der Waals surface area contributed by atoms with Gasteiger partial charge in [-0.05, 0) is 52.3 Å². The fourth-order valence-electron chi connectivity index (χ4n) is 2.16. The van der Waals surface area contributed by atoms with Crippen LogP contribution in [-0.4, -0.2) is 21.1 Å². The second-order valence-corrected chi connectivity index (χ2v) is 5.76. The second-order valence-electron chi connectivity index (χ2n) is 5.76. The van der Waals surface area contributed by atoms with E-state index in [9.17, 15) is 4.79 Å². The van der Waals surface area contributed by atoms with Gasteiger partial charge in [-0.2, -0.15) is 0 Å². The molecule has 4 nitrogen and oxygen atoms in total. The maximum atomic E-state index is 12.0. The predicted molar refractivity (Wildman–Crippen MR) is 86.4 cm³/mol. The fraction of sp³-hybridized carbons (Fsp3) is 0.529. The van der Waals surface area contributed by atoms with Crippen LogP contribution in [0, 0.1) is 13.8 Å². The molecule has 0 N–H and O–H groups in total. The van der Waals surface area contributed by atoms with Crippen molar-refractivity contribution in [1.29, 1.82) is 0 Å². The Morgan fingerprint density at radius 3 is 2.48 bits per heavy atom. The van der Waals surface area contributed by atoms with Gasteiger partial charge in [0.1, 0.15) is 17.8 Å². The van der Waals surface area contributed by atoms with Crippen LogP contribution < -0.4 is 0 Å². The molecule has 116 valence electrons. The van der Waals surface area contributed by atoms with E-state index >= 15 is 0 Å². The number of rotatable bonds is 2. The number of ether oxygens (including phenoxy) is 1. The summed E-state index contributed by atoms with van der Waals surface area (Å²) in [5.41, 5.74) is 2.59. The summed E-state index contributed by atoms with van der Waals surface area (Å²) in [4.78, 5) is 16.3. The normalized spacial score (nSPS) is 11.0. The maximum Gasteiger partial charge on any atom is 0.326 e. The van der Waals surface area contributed by atoms with E-state index in [0.29, 0.717) is 0 Å². The van der Waals surface area contributed by atoms with E-state index < -0.39 is 5.60 Å². The highest BCUT2D eigenvalue weighted by Crippen LogP contribution is 2.23. The summed E-state index contributed by atoms with van der Waals surface area (Å²) in [6, 6.07) is 3.93. The molecule has 0 bridgehead atoms. The number of aryl methyl sites for hydroxylation is 1. The zero-order valence-corrected chi connectivity index (χ0v) is 14.2. The lowest BCUT2D eigenvalue weighted by Crippen LogP contribution is -2.26. The number of aromatic nitrogens is 2. The topological polar surface area (TPSA) is 44.1 Å². The summed E-state index contributed by atoms with van der Waals surface area (Å²) in [5.74, 6) is -0.238. The predicted octanol–water partition coefficient (Wildman–Crippen LogP) is 4.02. The molecular weight excluding hydrogens is 264 g/mol. The zero-order chi connectivity index (χ0) is 16.2. The van der Waals surface area contributed by atoms with Crippen molar-refractivity contribution in [2.24, 2.45) is 0 Å². The van der Waals surface area contributed by atoms with Gasteiger partial charge in [-0.15, -0.1) is 0 Å². The molecule has 21 heavy (non-hydrogen) atoms. The smallest absolute Gasteiger partial charge is 0.326 e. The molecule has 0 aromatic carbocycles. The molecule has 2 heterocycles. The molecule has 0 aliphatic rings. The molecule has 2 aromatic heterocycles. The molecule has 0 spiro atoms. The average Bonchev–Trinajstić information content (AvgIpc) is 2.65. The minimum Gasteiger partial charge on any atom is -0.459 e. The van der Waals surface area contributed by atoms with Crippen LogP contribution in [0.4, 0.5) is 0 Å². The van der Waals surface area contributed by atoms with Crippen molar-refractivity contribution in [2.75, 3.05) is 0 Å². The molecule has 2 aromatic rings. The summed E-state index contributed by atoms with van der Waals surface area (Å²) >= 11 is 0. The molecule has 4 heteroatoms. The first-order valence-electron chi connectivity index (χ1n) is 7.42. The maximum absolute atomic E-state index is 12.0. The number of carbonyl (C=O) groups is 1. The van der Waals surface area contributed by atoms with Crippen molar-refractivity contribution in [1.82, 2.24) is 9.55 Å². The number of carbonyl (C=O) groups excluding carboxylic acids is 1.